The number of rotatable bonds is 4. The van der Waals surface area contributed by atoms with Crippen molar-refractivity contribution in [3.8, 4) is 0 Å². The van der Waals surface area contributed by atoms with Crippen molar-refractivity contribution in [2.24, 2.45) is 4.99 Å². The lowest BCUT2D eigenvalue weighted by molar-refractivity contribution is -0.130. The summed E-state index contributed by atoms with van der Waals surface area (Å²) in [5.41, 5.74) is 1.59. The molecule has 20 heavy (non-hydrogen) atoms. The first-order valence-electron chi connectivity index (χ1n) is 6.40. The standard InChI is InChI=1S/C16H13NO2S/c18-16-14(11-13-7-4-10-20-13)17-15(19-16)9-8-12-5-2-1-3-6-12/h1-7,10-11H,8-9H2/b14-11+. The van der Waals surface area contributed by atoms with E-state index in [1.54, 1.807) is 17.4 Å². The number of hydrogen-bond acceptors (Lipinski definition) is 4. The lowest BCUT2D eigenvalue weighted by atomic mass is 10.1. The third-order valence-corrected chi connectivity index (χ3v) is 3.78. The third-order valence-electron chi connectivity index (χ3n) is 2.96. The highest BCUT2D eigenvalue weighted by atomic mass is 32.1. The van der Waals surface area contributed by atoms with Crippen LogP contribution in [0.5, 0.6) is 0 Å². The Bertz CT molecular complexity index is 657. The largest absolute Gasteiger partial charge is 0.407 e. The number of esters is 1. The van der Waals surface area contributed by atoms with Crippen molar-refractivity contribution in [1.29, 1.82) is 0 Å². The van der Waals surface area contributed by atoms with Gasteiger partial charge in [-0.05, 0) is 29.5 Å². The molecule has 0 N–H and O–H groups in total. The number of benzene rings is 1. The number of aryl methyl sites for hydroxylation is 1. The molecular weight excluding hydrogens is 270 g/mol. The molecule has 0 amide bonds. The molecule has 0 fully saturated rings. The SMILES string of the molecule is O=C1OC(CCc2ccccc2)=N/C1=C/c1cccs1. The Kier molecular flexibility index (Phi) is 3.74. The molecule has 3 nitrogen and oxygen atoms in total. The fourth-order valence-corrected chi connectivity index (χ4v) is 2.62. The molecule has 0 radical (unpaired) electrons. The molecule has 1 aliphatic rings. The minimum atomic E-state index is -0.360. The topological polar surface area (TPSA) is 38.7 Å². The van der Waals surface area contributed by atoms with E-state index in [1.165, 1.54) is 5.56 Å². The normalized spacial score (nSPS) is 16.3. The second-order valence-corrected chi connectivity index (χ2v) is 5.40. The molecule has 0 unspecified atom stereocenters. The van der Waals surface area contributed by atoms with Crippen LogP contribution in [0.4, 0.5) is 0 Å². The summed E-state index contributed by atoms with van der Waals surface area (Å²) < 4.78 is 5.19. The molecular formula is C16H13NO2S. The quantitative estimate of drug-likeness (QED) is 0.634. The molecule has 1 aromatic heterocycles. The molecule has 0 spiro atoms. The van der Waals surface area contributed by atoms with E-state index in [9.17, 15) is 4.79 Å². The van der Waals surface area contributed by atoms with Crippen LogP contribution in [0, 0.1) is 0 Å². The molecule has 2 heterocycles. The van der Waals surface area contributed by atoms with Crippen molar-refractivity contribution in [1.82, 2.24) is 0 Å². The fourth-order valence-electron chi connectivity index (χ4n) is 1.96. The third kappa shape index (κ3) is 3.03. The Labute approximate surface area is 121 Å². The van der Waals surface area contributed by atoms with E-state index in [0.29, 0.717) is 18.0 Å². The lowest BCUT2D eigenvalue weighted by Gasteiger charge is -1.99. The summed E-state index contributed by atoms with van der Waals surface area (Å²) >= 11 is 1.57. The maximum absolute atomic E-state index is 11.7. The number of hydrogen-bond donors (Lipinski definition) is 0. The first kappa shape index (κ1) is 12.8. The number of nitrogens with zero attached hydrogens (tertiary/aromatic N) is 1. The van der Waals surface area contributed by atoms with Gasteiger partial charge in [0, 0.05) is 11.3 Å². The van der Waals surface area contributed by atoms with Gasteiger partial charge in [0.05, 0.1) is 0 Å². The van der Waals surface area contributed by atoms with Gasteiger partial charge in [0.1, 0.15) is 0 Å². The van der Waals surface area contributed by atoms with E-state index in [0.717, 1.165) is 11.3 Å². The van der Waals surface area contributed by atoms with Crippen molar-refractivity contribution in [2.75, 3.05) is 0 Å². The molecule has 1 aromatic carbocycles. The van der Waals surface area contributed by atoms with Gasteiger partial charge in [-0.3, -0.25) is 0 Å². The summed E-state index contributed by atoms with van der Waals surface area (Å²) in [6, 6.07) is 14.0. The Morgan fingerprint density at radius 3 is 2.70 bits per heavy atom. The van der Waals surface area contributed by atoms with Gasteiger partial charge in [-0.15, -0.1) is 11.3 Å². The number of aliphatic imine (C=N–C) groups is 1. The van der Waals surface area contributed by atoms with Crippen molar-refractivity contribution >= 4 is 29.3 Å². The van der Waals surface area contributed by atoms with Gasteiger partial charge in [0.2, 0.25) is 0 Å². The number of carbonyl (C=O) groups excluding carboxylic acids is 1. The Morgan fingerprint density at radius 2 is 1.95 bits per heavy atom. The molecule has 1 aliphatic heterocycles. The van der Waals surface area contributed by atoms with Crippen LogP contribution in [-0.4, -0.2) is 11.9 Å². The van der Waals surface area contributed by atoms with Crippen LogP contribution in [0.25, 0.3) is 6.08 Å². The van der Waals surface area contributed by atoms with Gasteiger partial charge in [-0.2, -0.15) is 0 Å². The zero-order chi connectivity index (χ0) is 13.8. The second kappa shape index (κ2) is 5.84. The minimum absolute atomic E-state index is 0.360. The van der Waals surface area contributed by atoms with Crippen LogP contribution in [-0.2, 0) is 16.0 Å². The average Bonchev–Trinajstić information content (AvgIpc) is 3.09. The molecule has 2 aromatic rings. The fraction of sp³-hybridized carbons (Fsp3) is 0.125. The van der Waals surface area contributed by atoms with Crippen molar-refractivity contribution < 1.29 is 9.53 Å². The number of ether oxygens (including phenoxy) is 1. The van der Waals surface area contributed by atoms with Crippen LogP contribution in [0.2, 0.25) is 0 Å². The average molecular weight is 283 g/mol. The van der Waals surface area contributed by atoms with E-state index >= 15 is 0 Å². The van der Waals surface area contributed by atoms with E-state index in [2.05, 4.69) is 17.1 Å². The Hall–Kier alpha value is -2.20. The highest BCUT2D eigenvalue weighted by Gasteiger charge is 2.22. The second-order valence-electron chi connectivity index (χ2n) is 4.43. The van der Waals surface area contributed by atoms with E-state index in [4.69, 9.17) is 4.74 Å². The van der Waals surface area contributed by atoms with Gasteiger partial charge >= 0.3 is 5.97 Å². The van der Waals surface area contributed by atoms with Crippen LogP contribution in [0.3, 0.4) is 0 Å². The smallest absolute Gasteiger partial charge is 0.363 e. The summed E-state index contributed by atoms with van der Waals surface area (Å²) in [4.78, 5) is 17.0. The van der Waals surface area contributed by atoms with Gasteiger partial charge in [0.15, 0.2) is 11.6 Å². The summed E-state index contributed by atoms with van der Waals surface area (Å²) in [6.07, 6.45) is 3.22. The monoisotopic (exact) mass is 283 g/mol. The molecule has 0 saturated carbocycles. The van der Waals surface area contributed by atoms with Crippen LogP contribution in [0.1, 0.15) is 16.9 Å². The van der Waals surface area contributed by atoms with Crippen molar-refractivity contribution in [3.63, 3.8) is 0 Å². The van der Waals surface area contributed by atoms with Crippen molar-refractivity contribution in [2.45, 2.75) is 12.8 Å². The molecule has 3 rings (SSSR count). The summed E-state index contributed by atoms with van der Waals surface area (Å²) in [5, 5.41) is 1.96. The van der Waals surface area contributed by atoms with Gasteiger partial charge in [-0.25, -0.2) is 9.79 Å². The van der Waals surface area contributed by atoms with Crippen LogP contribution >= 0.6 is 11.3 Å². The maximum atomic E-state index is 11.7. The van der Waals surface area contributed by atoms with E-state index < -0.39 is 0 Å². The number of cyclic esters (lactones) is 1. The highest BCUT2D eigenvalue weighted by Crippen LogP contribution is 2.20. The summed E-state index contributed by atoms with van der Waals surface area (Å²) in [6.45, 7) is 0. The Balaban J connectivity index is 1.68. The first-order chi connectivity index (χ1) is 9.81. The molecule has 0 bridgehead atoms. The summed E-state index contributed by atoms with van der Waals surface area (Å²) in [5.74, 6) is 0.142. The minimum Gasteiger partial charge on any atom is -0.407 e. The van der Waals surface area contributed by atoms with Gasteiger partial charge in [-0.1, -0.05) is 36.4 Å². The van der Waals surface area contributed by atoms with Gasteiger partial charge in [0.25, 0.3) is 0 Å². The molecule has 4 heteroatoms. The zero-order valence-electron chi connectivity index (χ0n) is 10.8. The van der Waals surface area contributed by atoms with Crippen LogP contribution < -0.4 is 0 Å². The molecule has 0 atom stereocenters. The zero-order valence-corrected chi connectivity index (χ0v) is 11.6. The van der Waals surface area contributed by atoms with Crippen molar-refractivity contribution in [3.05, 3.63) is 64.0 Å². The van der Waals surface area contributed by atoms with E-state index in [1.807, 2.05) is 35.7 Å². The maximum Gasteiger partial charge on any atom is 0.363 e. The summed E-state index contributed by atoms with van der Waals surface area (Å²) in [7, 11) is 0. The Morgan fingerprint density at radius 1 is 1.10 bits per heavy atom. The van der Waals surface area contributed by atoms with Crippen LogP contribution in [0.15, 0.2) is 58.5 Å². The number of carbonyl (C=O) groups is 1. The number of thiophene rings is 1. The molecule has 0 aliphatic carbocycles. The van der Waals surface area contributed by atoms with E-state index in [-0.39, 0.29) is 5.97 Å². The first-order valence-corrected chi connectivity index (χ1v) is 7.28. The molecule has 100 valence electrons. The predicted octanol–water partition coefficient (Wildman–Crippen LogP) is 3.68. The van der Waals surface area contributed by atoms with Gasteiger partial charge < -0.3 is 4.74 Å². The predicted molar refractivity (Wildman–Crippen MR) is 80.6 cm³/mol. The molecule has 0 saturated heterocycles. The lowest BCUT2D eigenvalue weighted by Crippen LogP contribution is -2.05. The highest BCUT2D eigenvalue weighted by molar-refractivity contribution is 7.10.